The molecule has 146 valence electrons. The molecule has 0 fully saturated rings. The molecule has 29 heavy (non-hydrogen) atoms. The van der Waals surface area contributed by atoms with Gasteiger partial charge in [0, 0.05) is 37.2 Å². The molecule has 0 aliphatic rings. The molecule has 2 aromatic carbocycles. The van der Waals surface area contributed by atoms with Gasteiger partial charge < -0.3 is 19.0 Å². The van der Waals surface area contributed by atoms with Crippen LogP contribution in [0, 0.1) is 0 Å². The van der Waals surface area contributed by atoms with Gasteiger partial charge in [-0.1, -0.05) is 30.3 Å². The number of aryl methyl sites for hydroxylation is 1. The van der Waals surface area contributed by atoms with E-state index in [9.17, 15) is 4.79 Å². The van der Waals surface area contributed by atoms with Gasteiger partial charge in [0.15, 0.2) is 5.58 Å². The molecular weight excluding hydrogens is 368 g/mol. The number of para-hydroxylation sites is 3. The number of fused-ring (bicyclic) bond motifs is 1. The molecule has 2 heterocycles. The molecule has 7 heteroatoms. The Bertz CT molecular complexity index is 1140. The van der Waals surface area contributed by atoms with Crippen LogP contribution >= 0.6 is 0 Å². The van der Waals surface area contributed by atoms with Crippen molar-refractivity contribution in [2.24, 2.45) is 7.05 Å². The van der Waals surface area contributed by atoms with Crippen molar-refractivity contribution in [1.29, 1.82) is 0 Å². The molecule has 2 aromatic heterocycles. The van der Waals surface area contributed by atoms with Gasteiger partial charge in [-0.3, -0.25) is 4.79 Å². The fourth-order valence-corrected chi connectivity index (χ4v) is 3.14. The summed E-state index contributed by atoms with van der Waals surface area (Å²) in [6.45, 7) is 0. The van der Waals surface area contributed by atoms with Gasteiger partial charge in [0.2, 0.25) is 11.8 Å². The number of hydrogen-bond acceptors (Lipinski definition) is 5. The maximum Gasteiger partial charge on any atom is 0.245 e. The van der Waals surface area contributed by atoms with E-state index in [1.54, 1.807) is 19.4 Å². The van der Waals surface area contributed by atoms with E-state index in [0.717, 1.165) is 11.1 Å². The van der Waals surface area contributed by atoms with Gasteiger partial charge in [0.05, 0.1) is 7.11 Å². The van der Waals surface area contributed by atoms with Crippen LogP contribution in [0.2, 0.25) is 0 Å². The highest BCUT2D eigenvalue weighted by Gasteiger charge is 2.23. The SMILES string of the molecule is COc1ccccc1C(NC(=O)/C=C/c1nc2ccccc2o1)c1nccn1C. The third kappa shape index (κ3) is 3.89. The minimum Gasteiger partial charge on any atom is -0.496 e. The summed E-state index contributed by atoms with van der Waals surface area (Å²) in [5, 5.41) is 3.00. The summed E-state index contributed by atoms with van der Waals surface area (Å²) in [6.07, 6.45) is 6.47. The van der Waals surface area contributed by atoms with Crippen molar-refractivity contribution in [3.63, 3.8) is 0 Å². The Morgan fingerprint density at radius 1 is 1.21 bits per heavy atom. The molecule has 7 nitrogen and oxygen atoms in total. The number of nitrogens with zero attached hydrogens (tertiary/aromatic N) is 3. The summed E-state index contributed by atoms with van der Waals surface area (Å²) < 4.78 is 13.0. The Hall–Kier alpha value is -3.87. The predicted molar refractivity (Wildman–Crippen MR) is 109 cm³/mol. The Morgan fingerprint density at radius 3 is 2.76 bits per heavy atom. The second-order valence-electron chi connectivity index (χ2n) is 6.43. The van der Waals surface area contributed by atoms with E-state index in [1.165, 1.54) is 6.08 Å². The van der Waals surface area contributed by atoms with Crippen LogP contribution in [0.3, 0.4) is 0 Å². The fourth-order valence-electron chi connectivity index (χ4n) is 3.14. The summed E-state index contributed by atoms with van der Waals surface area (Å²) in [6, 6.07) is 14.5. The van der Waals surface area contributed by atoms with Crippen LogP contribution in [0.5, 0.6) is 5.75 Å². The lowest BCUT2D eigenvalue weighted by Crippen LogP contribution is -2.30. The zero-order valence-electron chi connectivity index (χ0n) is 16.1. The van der Waals surface area contributed by atoms with Crippen molar-refractivity contribution in [2.75, 3.05) is 7.11 Å². The van der Waals surface area contributed by atoms with Crippen molar-refractivity contribution in [3.8, 4) is 5.75 Å². The average Bonchev–Trinajstić information content (AvgIpc) is 3.36. The molecule has 1 atom stereocenters. The number of benzene rings is 2. The van der Waals surface area contributed by atoms with E-state index in [-0.39, 0.29) is 5.91 Å². The third-order valence-electron chi connectivity index (χ3n) is 4.54. The van der Waals surface area contributed by atoms with Gasteiger partial charge in [-0.05, 0) is 18.2 Å². The highest BCUT2D eigenvalue weighted by molar-refractivity contribution is 5.92. The van der Waals surface area contributed by atoms with Crippen molar-refractivity contribution in [1.82, 2.24) is 19.9 Å². The van der Waals surface area contributed by atoms with Crippen LogP contribution in [-0.4, -0.2) is 27.6 Å². The first kappa shape index (κ1) is 18.5. The smallest absolute Gasteiger partial charge is 0.245 e. The topological polar surface area (TPSA) is 82.2 Å². The van der Waals surface area contributed by atoms with Gasteiger partial charge in [-0.2, -0.15) is 0 Å². The number of imidazole rings is 1. The summed E-state index contributed by atoms with van der Waals surface area (Å²) in [5.41, 5.74) is 2.23. The largest absolute Gasteiger partial charge is 0.496 e. The molecule has 1 amide bonds. The highest BCUT2D eigenvalue weighted by Crippen LogP contribution is 2.29. The van der Waals surface area contributed by atoms with Crippen molar-refractivity contribution < 1.29 is 13.9 Å². The number of ether oxygens (including phenoxy) is 1. The quantitative estimate of drug-likeness (QED) is 0.511. The first-order valence-corrected chi connectivity index (χ1v) is 9.10. The van der Waals surface area contributed by atoms with Crippen LogP contribution in [0.25, 0.3) is 17.2 Å². The van der Waals surface area contributed by atoms with Crippen molar-refractivity contribution >= 4 is 23.1 Å². The molecule has 1 unspecified atom stereocenters. The van der Waals surface area contributed by atoms with Crippen LogP contribution < -0.4 is 10.1 Å². The lowest BCUT2D eigenvalue weighted by Gasteiger charge is -2.20. The van der Waals surface area contributed by atoms with E-state index in [0.29, 0.717) is 23.0 Å². The number of carbonyl (C=O) groups is 1. The number of amides is 1. The normalized spacial score (nSPS) is 12.3. The molecule has 0 spiro atoms. The Morgan fingerprint density at radius 2 is 2.00 bits per heavy atom. The summed E-state index contributed by atoms with van der Waals surface area (Å²) in [4.78, 5) is 21.4. The summed E-state index contributed by atoms with van der Waals surface area (Å²) in [5.74, 6) is 1.43. The molecule has 0 aliphatic carbocycles. The maximum absolute atomic E-state index is 12.7. The van der Waals surface area contributed by atoms with E-state index in [1.807, 2.05) is 66.3 Å². The summed E-state index contributed by atoms with van der Waals surface area (Å²) >= 11 is 0. The monoisotopic (exact) mass is 388 g/mol. The van der Waals surface area contributed by atoms with Gasteiger partial charge in [0.25, 0.3) is 0 Å². The van der Waals surface area contributed by atoms with Crippen molar-refractivity contribution in [2.45, 2.75) is 6.04 Å². The van der Waals surface area contributed by atoms with Gasteiger partial charge in [0.1, 0.15) is 23.1 Å². The number of hydrogen-bond donors (Lipinski definition) is 1. The first-order valence-electron chi connectivity index (χ1n) is 9.10. The third-order valence-corrected chi connectivity index (χ3v) is 4.54. The second kappa shape index (κ2) is 8.02. The number of carbonyl (C=O) groups excluding carboxylic acids is 1. The molecule has 0 bridgehead atoms. The molecule has 0 aliphatic heterocycles. The zero-order valence-corrected chi connectivity index (χ0v) is 16.1. The molecule has 4 aromatic rings. The standard InChI is InChI=1S/C22H20N4O3/c1-26-14-13-23-22(26)21(15-7-3-5-9-17(15)28-2)25-19(27)11-12-20-24-16-8-4-6-10-18(16)29-20/h3-14,21H,1-2H3,(H,25,27)/b12-11+. The number of oxazole rings is 1. The zero-order chi connectivity index (χ0) is 20.2. The maximum atomic E-state index is 12.7. The van der Waals surface area contributed by atoms with Crippen molar-refractivity contribution in [3.05, 3.63) is 84.3 Å². The second-order valence-corrected chi connectivity index (χ2v) is 6.43. The van der Waals surface area contributed by atoms with Gasteiger partial charge in [-0.25, -0.2) is 9.97 Å². The number of rotatable bonds is 6. The van der Waals surface area contributed by atoms with Gasteiger partial charge in [-0.15, -0.1) is 0 Å². The predicted octanol–water partition coefficient (Wildman–Crippen LogP) is 3.49. The molecule has 0 radical (unpaired) electrons. The Kier molecular flexibility index (Phi) is 5.11. The van der Waals surface area contributed by atoms with E-state index < -0.39 is 6.04 Å². The van der Waals surface area contributed by atoms with E-state index >= 15 is 0 Å². The van der Waals surface area contributed by atoms with E-state index in [2.05, 4.69) is 15.3 Å². The number of nitrogens with one attached hydrogen (secondary N) is 1. The van der Waals surface area contributed by atoms with Crippen LogP contribution in [0.4, 0.5) is 0 Å². The number of aromatic nitrogens is 3. The lowest BCUT2D eigenvalue weighted by molar-refractivity contribution is -0.117. The molecule has 4 rings (SSSR count). The minimum absolute atomic E-state index is 0.300. The lowest BCUT2D eigenvalue weighted by atomic mass is 10.0. The van der Waals surface area contributed by atoms with Crippen LogP contribution in [0.15, 0.2) is 71.4 Å². The molecule has 1 N–H and O–H groups in total. The van der Waals surface area contributed by atoms with Gasteiger partial charge >= 0.3 is 0 Å². The first-order chi connectivity index (χ1) is 14.2. The summed E-state index contributed by atoms with van der Waals surface area (Å²) in [7, 11) is 3.48. The minimum atomic E-state index is -0.480. The van der Waals surface area contributed by atoms with Crippen LogP contribution in [-0.2, 0) is 11.8 Å². The molecule has 0 saturated carbocycles. The fraction of sp³-hybridized carbons (Fsp3) is 0.136. The Balaban J connectivity index is 1.60. The number of methoxy groups -OCH3 is 1. The van der Waals surface area contributed by atoms with Crippen LogP contribution in [0.1, 0.15) is 23.3 Å². The Labute approximate surface area is 167 Å². The average molecular weight is 388 g/mol. The molecular formula is C22H20N4O3. The van der Waals surface area contributed by atoms with E-state index in [4.69, 9.17) is 9.15 Å². The molecule has 0 saturated heterocycles. The highest BCUT2D eigenvalue weighted by atomic mass is 16.5.